The van der Waals surface area contributed by atoms with E-state index in [9.17, 15) is 4.79 Å². The molecule has 1 amide bonds. The Morgan fingerprint density at radius 3 is 2.88 bits per heavy atom. The van der Waals surface area contributed by atoms with Gasteiger partial charge in [0.25, 0.3) is 5.91 Å². The standard InChI is InChI=1S/C11H8ClIN2O2/c1-6-10(17-5-14-6)11(16)15-9-3-2-7(12)4-8(9)13/h2-5H,1H3,(H,15,16). The van der Waals surface area contributed by atoms with Gasteiger partial charge in [-0.2, -0.15) is 0 Å². The largest absolute Gasteiger partial charge is 0.438 e. The van der Waals surface area contributed by atoms with Crippen LogP contribution in [-0.4, -0.2) is 10.9 Å². The van der Waals surface area contributed by atoms with Gasteiger partial charge < -0.3 is 9.73 Å². The molecule has 0 atom stereocenters. The topological polar surface area (TPSA) is 55.1 Å². The van der Waals surface area contributed by atoms with E-state index >= 15 is 0 Å². The van der Waals surface area contributed by atoms with E-state index < -0.39 is 0 Å². The molecule has 17 heavy (non-hydrogen) atoms. The molecule has 0 spiro atoms. The Balaban J connectivity index is 2.22. The molecule has 0 saturated heterocycles. The number of oxazole rings is 1. The molecule has 1 heterocycles. The average molecular weight is 363 g/mol. The first kappa shape index (κ1) is 12.4. The maximum atomic E-state index is 11.9. The van der Waals surface area contributed by atoms with Crippen molar-refractivity contribution in [1.82, 2.24) is 4.98 Å². The van der Waals surface area contributed by atoms with Crippen LogP contribution in [0.25, 0.3) is 0 Å². The van der Waals surface area contributed by atoms with E-state index in [2.05, 4.69) is 32.9 Å². The molecule has 0 aliphatic rings. The number of carbonyl (C=O) groups is 1. The molecule has 88 valence electrons. The van der Waals surface area contributed by atoms with Crippen LogP contribution in [0.4, 0.5) is 5.69 Å². The highest BCUT2D eigenvalue weighted by Crippen LogP contribution is 2.23. The van der Waals surface area contributed by atoms with Gasteiger partial charge in [-0.15, -0.1) is 0 Å². The Bertz CT molecular complexity index is 568. The smallest absolute Gasteiger partial charge is 0.293 e. The van der Waals surface area contributed by atoms with Crippen LogP contribution in [-0.2, 0) is 0 Å². The summed E-state index contributed by atoms with van der Waals surface area (Å²) in [6.07, 6.45) is 1.25. The lowest BCUT2D eigenvalue weighted by atomic mass is 10.3. The molecular formula is C11H8ClIN2O2. The first-order valence-corrected chi connectivity index (χ1v) is 6.20. The number of hydrogen-bond acceptors (Lipinski definition) is 3. The van der Waals surface area contributed by atoms with Crippen LogP contribution < -0.4 is 5.32 Å². The maximum absolute atomic E-state index is 11.9. The number of halogens is 2. The minimum atomic E-state index is -0.319. The zero-order chi connectivity index (χ0) is 12.4. The number of anilines is 1. The highest BCUT2D eigenvalue weighted by atomic mass is 127. The van der Waals surface area contributed by atoms with Crippen LogP contribution in [0.15, 0.2) is 29.0 Å². The molecule has 0 radical (unpaired) electrons. The normalized spacial score (nSPS) is 10.3. The minimum absolute atomic E-state index is 0.218. The lowest BCUT2D eigenvalue weighted by Gasteiger charge is -2.06. The van der Waals surface area contributed by atoms with Crippen molar-refractivity contribution in [3.63, 3.8) is 0 Å². The average Bonchev–Trinajstić information content (AvgIpc) is 2.68. The maximum Gasteiger partial charge on any atom is 0.293 e. The Labute approximate surface area is 117 Å². The van der Waals surface area contributed by atoms with Gasteiger partial charge in [-0.25, -0.2) is 4.98 Å². The summed E-state index contributed by atoms with van der Waals surface area (Å²) in [4.78, 5) is 15.7. The lowest BCUT2D eigenvalue weighted by molar-refractivity contribution is 0.0996. The molecule has 1 aromatic heterocycles. The molecule has 0 bridgehead atoms. The van der Waals surface area contributed by atoms with E-state index in [-0.39, 0.29) is 11.7 Å². The van der Waals surface area contributed by atoms with Gasteiger partial charge in [-0.1, -0.05) is 11.6 Å². The zero-order valence-corrected chi connectivity index (χ0v) is 11.7. The molecule has 0 saturated carbocycles. The third kappa shape index (κ3) is 2.78. The van der Waals surface area contributed by atoms with Gasteiger partial charge >= 0.3 is 0 Å². The van der Waals surface area contributed by atoms with E-state index in [0.717, 1.165) is 3.57 Å². The van der Waals surface area contributed by atoms with Crippen LogP contribution >= 0.6 is 34.2 Å². The number of nitrogens with zero attached hydrogens (tertiary/aromatic N) is 1. The predicted octanol–water partition coefficient (Wildman–Crippen LogP) is 3.49. The number of nitrogens with one attached hydrogen (secondary N) is 1. The van der Waals surface area contributed by atoms with Crippen LogP contribution in [0.1, 0.15) is 16.2 Å². The SMILES string of the molecule is Cc1ncoc1C(=O)Nc1ccc(Cl)cc1I. The monoisotopic (exact) mass is 362 g/mol. The number of benzene rings is 1. The summed E-state index contributed by atoms with van der Waals surface area (Å²) >= 11 is 7.93. The fraction of sp³-hybridized carbons (Fsp3) is 0.0909. The molecule has 1 N–H and O–H groups in total. The Kier molecular flexibility index (Phi) is 3.68. The Morgan fingerprint density at radius 1 is 1.53 bits per heavy atom. The summed E-state index contributed by atoms with van der Waals surface area (Å²) in [7, 11) is 0. The molecule has 0 unspecified atom stereocenters. The minimum Gasteiger partial charge on any atom is -0.438 e. The number of amides is 1. The number of aromatic nitrogens is 1. The number of hydrogen-bond donors (Lipinski definition) is 1. The van der Waals surface area contributed by atoms with Gasteiger partial charge in [0.05, 0.1) is 11.4 Å². The second kappa shape index (κ2) is 5.05. The van der Waals surface area contributed by atoms with Crippen molar-refractivity contribution in [3.05, 3.63) is 44.6 Å². The number of aryl methyl sites for hydroxylation is 1. The van der Waals surface area contributed by atoms with Gasteiger partial charge in [0.1, 0.15) is 0 Å². The second-order valence-corrected chi connectivity index (χ2v) is 4.94. The van der Waals surface area contributed by atoms with Crippen LogP contribution in [0.3, 0.4) is 0 Å². The number of carbonyl (C=O) groups excluding carboxylic acids is 1. The first-order valence-electron chi connectivity index (χ1n) is 4.74. The highest BCUT2D eigenvalue weighted by molar-refractivity contribution is 14.1. The number of rotatable bonds is 2. The summed E-state index contributed by atoms with van der Waals surface area (Å²) in [6.45, 7) is 1.71. The van der Waals surface area contributed by atoms with Crippen LogP contribution in [0.2, 0.25) is 5.02 Å². The van der Waals surface area contributed by atoms with Gasteiger partial charge in [-0.3, -0.25) is 4.79 Å². The summed E-state index contributed by atoms with van der Waals surface area (Å²) in [5.74, 6) is -0.101. The van der Waals surface area contributed by atoms with Crippen molar-refractivity contribution in [1.29, 1.82) is 0 Å². The molecule has 4 nitrogen and oxygen atoms in total. The molecule has 0 aliphatic heterocycles. The van der Waals surface area contributed by atoms with Crippen molar-refractivity contribution in [2.24, 2.45) is 0 Å². The van der Waals surface area contributed by atoms with Crippen LogP contribution in [0, 0.1) is 10.5 Å². The van der Waals surface area contributed by atoms with Crippen molar-refractivity contribution in [2.45, 2.75) is 6.92 Å². The summed E-state index contributed by atoms with van der Waals surface area (Å²) in [5, 5.41) is 3.37. The zero-order valence-electron chi connectivity index (χ0n) is 8.83. The predicted molar refractivity (Wildman–Crippen MR) is 73.4 cm³/mol. The third-order valence-electron chi connectivity index (χ3n) is 2.13. The molecule has 1 aromatic carbocycles. The van der Waals surface area contributed by atoms with Gasteiger partial charge in [0, 0.05) is 8.59 Å². The highest BCUT2D eigenvalue weighted by Gasteiger charge is 2.15. The summed E-state index contributed by atoms with van der Waals surface area (Å²) < 4.78 is 5.87. The second-order valence-electron chi connectivity index (χ2n) is 3.35. The van der Waals surface area contributed by atoms with Gasteiger partial charge in [0.15, 0.2) is 6.39 Å². The Hall–Kier alpha value is -1.08. The van der Waals surface area contributed by atoms with Gasteiger partial charge in [0.2, 0.25) is 5.76 Å². The molecule has 2 rings (SSSR count). The van der Waals surface area contributed by atoms with E-state index in [4.69, 9.17) is 16.0 Å². The lowest BCUT2D eigenvalue weighted by Crippen LogP contribution is -2.13. The molecular weight excluding hydrogens is 354 g/mol. The quantitative estimate of drug-likeness (QED) is 0.832. The van der Waals surface area contributed by atoms with Crippen molar-refractivity contribution >= 4 is 45.8 Å². The van der Waals surface area contributed by atoms with Crippen molar-refractivity contribution < 1.29 is 9.21 Å². The fourth-order valence-corrected chi connectivity index (χ4v) is 2.30. The molecule has 0 fully saturated rings. The van der Waals surface area contributed by atoms with E-state index in [1.165, 1.54) is 6.39 Å². The van der Waals surface area contributed by atoms with Crippen molar-refractivity contribution in [2.75, 3.05) is 5.32 Å². The van der Waals surface area contributed by atoms with Crippen molar-refractivity contribution in [3.8, 4) is 0 Å². The summed E-state index contributed by atoms with van der Waals surface area (Å²) in [6, 6.07) is 5.23. The molecule has 6 heteroatoms. The molecule has 2 aromatic rings. The van der Waals surface area contributed by atoms with E-state index in [0.29, 0.717) is 16.4 Å². The van der Waals surface area contributed by atoms with Gasteiger partial charge in [-0.05, 0) is 47.7 Å². The first-order chi connectivity index (χ1) is 8.08. The fourth-order valence-electron chi connectivity index (χ4n) is 1.29. The van der Waals surface area contributed by atoms with Crippen LogP contribution in [0.5, 0.6) is 0 Å². The molecule has 0 aliphatic carbocycles. The van der Waals surface area contributed by atoms with E-state index in [1.807, 2.05) is 0 Å². The third-order valence-corrected chi connectivity index (χ3v) is 3.26. The Morgan fingerprint density at radius 2 is 2.29 bits per heavy atom. The summed E-state index contributed by atoms with van der Waals surface area (Å²) in [5.41, 5.74) is 1.25. The van der Waals surface area contributed by atoms with E-state index in [1.54, 1.807) is 25.1 Å².